The Morgan fingerprint density at radius 1 is 1.33 bits per heavy atom. The van der Waals surface area contributed by atoms with Crippen LogP contribution in [0.1, 0.15) is 18.4 Å². The molecule has 0 atom stereocenters. The Kier molecular flexibility index (Phi) is 3.77. The molecule has 0 N–H and O–H groups in total. The molecule has 1 aromatic carbocycles. The van der Waals surface area contributed by atoms with Gasteiger partial charge in [-0.15, -0.1) is 0 Å². The zero-order valence-corrected chi connectivity index (χ0v) is 10.1. The lowest BCUT2D eigenvalue weighted by Gasteiger charge is -2.06. The highest BCUT2D eigenvalue weighted by atomic mass is 16.5. The van der Waals surface area contributed by atoms with Gasteiger partial charge < -0.3 is 13.9 Å². The van der Waals surface area contributed by atoms with Gasteiger partial charge in [-0.25, -0.2) is 4.79 Å². The quantitative estimate of drug-likeness (QED) is 0.461. The lowest BCUT2D eigenvalue weighted by molar-refractivity contribution is -0.107. The molecule has 0 amide bonds. The third-order valence-corrected chi connectivity index (χ3v) is 2.81. The van der Waals surface area contributed by atoms with E-state index in [1.54, 1.807) is 13.2 Å². The molecule has 18 heavy (non-hydrogen) atoms. The van der Waals surface area contributed by atoms with Crippen molar-refractivity contribution in [1.29, 1.82) is 0 Å². The monoisotopic (exact) mass is 246 g/mol. The Hall–Kier alpha value is -2.10. The molecule has 2 aromatic rings. The number of hydrogen-bond acceptors (Lipinski definition) is 4. The van der Waals surface area contributed by atoms with Gasteiger partial charge in [-0.05, 0) is 30.5 Å². The Bertz CT molecular complexity index is 613. The number of ether oxygens (including phenoxy) is 1. The molecule has 0 fully saturated rings. The summed E-state index contributed by atoms with van der Waals surface area (Å²) in [6, 6.07) is 6.87. The van der Waals surface area contributed by atoms with E-state index in [-0.39, 0.29) is 5.63 Å². The number of carbonyl (C=O) groups excluding carboxylic acids is 1. The number of aryl methyl sites for hydroxylation is 1. The predicted octanol–water partition coefficient (Wildman–Crippen LogP) is 2.32. The molecule has 94 valence electrons. The zero-order chi connectivity index (χ0) is 13.0. The molecule has 0 aliphatic heterocycles. The third-order valence-electron chi connectivity index (χ3n) is 2.81. The summed E-state index contributed by atoms with van der Waals surface area (Å²) < 4.78 is 10.2. The number of benzene rings is 1. The van der Waals surface area contributed by atoms with Crippen LogP contribution in [0.2, 0.25) is 0 Å². The molecule has 0 aliphatic rings. The molecule has 0 saturated heterocycles. The Labute approximate surface area is 104 Å². The second-order valence-corrected chi connectivity index (χ2v) is 4.01. The average molecular weight is 246 g/mol. The van der Waals surface area contributed by atoms with Gasteiger partial charge in [0.05, 0.1) is 7.11 Å². The van der Waals surface area contributed by atoms with Gasteiger partial charge in [0, 0.05) is 23.9 Å². The van der Waals surface area contributed by atoms with E-state index in [2.05, 4.69) is 0 Å². The number of fused-ring (bicyclic) bond motifs is 1. The van der Waals surface area contributed by atoms with E-state index in [4.69, 9.17) is 9.15 Å². The molecule has 2 rings (SSSR count). The van der Waals surface area contributed by atoms with Crippen molar-refractivity contribution in [3.8, 4) is 5.75 Å². The van der Waals surface area contributed by atoms with Gasteiger partial charge in [-0.3, -0.25) is 0 Å². The lowest BCUT2D eigenvalue weighted by atomic mass is 10.0. The lowest BCUT2D eigenvalue weighted by Crippen LogP contribution is -2.01. The summed E-state index contributed by atoms with van der Waals surface area (Å²) in [5.74, 6) is 0.649. The molecule has 0 radical (unpaired) electrons. The van der Waals surface area contributed by atoms with E-state index in [1.165, 1.54) is 6.07 Å². The molecular formula is C14H14O4. The molecule has 4 nitrogen and oxygen atoms in total. The van der Waals surface area contributed by atoms with E-state index in [0.29, 0.717) is 24.2 Å². The van der Waals surface area contributed by atoms with Crippen LogP contribution in [-0.4, -0.2) is 13.4 Å². The van der Waals surface area contributed by atoms with Crippen molar-refractivity contribution in [3.05, 3.63) is 40.2 Å². The van der Waals surface area contributed by atoms with Gasteiger partial charge >= 0.3 is 5.63 Å². The number of carbonyl (C=O) groups is 1. The number of rotatable bonds is 5. The third kappa shape index (κ3) is 2.59. The van der Waals surface area contributed by atoms with Gasteiger partial charge in [0.2, 0.25) is 0 Å². The van der Waals surface area contributed by atoms with Gasteiger partial charge in [-0.2, -0.15) is 0 Å². The highest BCUT2D eigenvalue weighted by molar-refractivity contribution is 5.81. The van der Waals surface area contributed by atoms with Gasteiger partial charge in [0.25, 0.3) is 0 Å². The topological polar surface area (TPSA) is 56.5 Å². The molecule has 0 spiro atoms. The summed E-state index contributed by atoms with van der Waals surface area (Å²) in [6.45, 7) is 0. The van der Waals surface area contributed by atoms with E-state index in [0.717, 1.165) is 23.7 Å². The smallest absolute Gasteiger partial charge is 0.336 e. The van der Waals surface area contributed by atoms with Crippen molar-refractivity contribution < 1.29 is 13.9 Å². The standard InChI is InChI=1S/C14H14O4/c1-17-11-5-6-12-10(4-2-3-7-15)8-14(16)18-13(12)9-11/h5-9H,2-4H2,1H3. The van der Waals surface area contributed by atoms with Crippen molar-refractivity contribution in [2.75, 3.05) is 7.11 Å². The largest absolute Gasteiger partial charge is 0.497 e. The van der Waals surface area contributed by atoms with Crippen molar-refractivity contribution in [2.24, 2.45) is 0 Å². The van der Waals surface area contributed by atoms with Crippen LogP contribution in [0, 0.1) is 0 Å². The van der Waals surface area contributed by atoms with Crippen LogP contribution in [-0.2, 0) is 11.2 Å². The maximum absolute atomic E-state index is 11.5. The first-order valence-electron chi connectivity index (χ1n) is 5.79. The van der Waals surface area contributed by atoms with E-state index >= 15 is 0 Å². The first-order valence-corrected chi connectivity index (χ1v) is 5.79. The summed E-state index contributed by atoms with van der Waals surface area (Å²) in [4.78, 5) is 21.8. The summed E-state index contributed by atoms with van der Waals surface area (Å²) in [5.41, 5.74) is 1.05. The molecule has 0 bridgehead atoms. The fourth-order valence-electron chi connectivity index (χ4n) is 1.92. The van der Waals surface area contributed by atoms with Crippen molar-refractivity contribution in [2.45, 2.75) is 19.3 Å². The molecule has 0 aliphatic carbocycles. The Morgan fingerprint density at radius 2 is 2.17 bits per heavy atom. The number of hydrogen-bond donors (Lipinski definition) is 0. The van der Waals surface area contributed by atoms with Gasteiger partial charge in [-0.1, -0.05) is 0 Å². The zero-order valence-electron chi connectivity index (χ0n) is 10.1. The average Bonchev–Trinajstić information content (AvgIpc) is 2.38. The number of unbranched alkanes of at least 4 members (excludes halogenated alkanes) is 1. The second kappa shape index (κ2) is 5.49. The molecular weight excluding hydrogens is 232 g/mol. The molecule has 1 aromatic heterocycles. The van der Waals surface area contributed by atoms with Crippen LogP contribution >= 0.6 is 0 Å². The molecule has 0 saturated carbocycles. The summed E-state index contributed by atoms with van der Waals surface area (Å²) in [6.07, 6.45) is 2.80. The van der Waals surface area contributed by atoms with Crippen LogP contribution in [0.25, 0.3) is 11.0 Å². The highest BCUT2D eigenvalue weighted by Crippen LogP contribution is 2.23. The van der Waals surface area contributed by atoms with Crippen molar-refractivity contribution in [1.82, 2.24) is 0 Å². The minimum absolute atomic E-state index is 0.378. The molecule has 4 heteroatoms. The summed E-state index contributed by atoms with van der Waals surface area (Å²) in [5, 5.41) is 0.890. The number of aldehydes is 1. The highest BCUT2D eigenvalue weighted by Gasteiger charge is 2.06. The fourth-order valence-corrected chi connectivity index (χ4v) is 1.92. The first kappa shape index (κ1) is 12.4. The minimum Gasteiger partial charge on any atom is -0.497 e. The molecule has 1 heterocycles. The SMILES string of the molecule is COc1ccc2c(CCCC=O)cc(=O)oc2c1. The maximum Gasteiger partial charge on any atom is 0.336 e. The Balaban J connectivity index is 2.45. The number of methoxy groups -OCH3 is 1. The van der Waals surface area contributed by atoms with Gasteiger partial charge in [0.1, 0.15) is 17.6 Å². The van der Waals surface area contributed by atoms with E-state index in [9.17, 15) is 9.59 Å². The second-order valence-electron chi connectivity index (χ2n) is 4.01. The normalized spacial score (nSPS) is 10.5. The Morgan fingerprint density at radius 3 is 2.89 bits per heavy atom. The van der Waals surface area contributed by atoms with Crippen molar-refractivity contribution >= 4 is 17.3 Å². The first-order chi connectivity index (χ1) is 8.74. The van der Waals surface area contributed by atoms with Crippen LogP contribution in [0.15, 0.2) is 33.5 Å². The van der Waals surface area contributed by atoms with Gasteiger partial charge in [0.15, 0.2) is 0 Å². The molecule has 0 unspecified atom stereocenters. The van der Waals surface area contributed by atoms with Crippen LogP contribution in [0.3, 0.4) is 0 Å². The predicted molar refractivity (Wildman–Crippen MR) is 68.0 cm³/mol. The minimum atomic E-state index is -0.378. The fraction of sp³-hybridized carbons (Fsp3) is 0.286. The summed E-state index contributed by atoms with van der Waals surface area (Å²) >= 11 is 0. The van der Waals surface area contributed by atoms with E-state index in [1.807, 2.05) is 12.1 Å². The van der Waals surface area contributed by atoms with E-state index < -0.39 is 0 Å². The van der Waals surface area contributed by atoms with Crippen LogP contribution in [0.4, 0.5) is 0 Å². The van der Waals surface area contributed by atoms with Crippen LogP contribution < -0.4 is 10.4 Å². The van der Waals surface area contributed by atoms with Crippen molar-refractivity contribution in [3.63, 3.8) is 0 Å². The summed E-state index contributed by atoms with van der Waals surface area (Å²) in [7, 11) is 1.56. The van der Waals surface area contributed by atoms with Crippen LogP contribution in [0.5, 0.6) is 5.75 Å². The maximum atomic E-state index is 11.5.